The monoisotopic (exact) mass is 218 g/mol. The molecule has 1 radical (unpaired) electrons. The second-order valence-corrected chi connectivity index (χ2v) is 3.73. The Bertz CT molecular complexity index is 427. The Kier molecular flexibility index (Phi) is 2.85. The summed E-state index contributed by atoms with van der Waals surface area (Å²) < 4.78 is 0. The lowest BCUT2D eigenvalue weighted by Gasteiger charge is -2.05. The van der Waals surface area contributed by atoms with Crippen LogP contribution in [0.15, 0.2) is 18.3 Å². The fourth-order valence-electron chi connectivity index (χ4n) is 1.34. The van der Waals surface area contributed by atoms with Crippen LogP contribution in [-0.4, -0.2) is 22.8 Å². The van der Waals surface area contributed by atoms with Crippen molar-refractivity contribution < 1.29 is 9.59 Å². The molecule has 2 amide bonds. The van der Waals surface area contributed by atoms with E-state index in [0.717, 1.165) is 12.8 Å². The Labute approximate surface area is 93.0 Å². The van der Waals surface area contributed by atoms with E-state index in [4.69, 9.17) is 5.73 Å². The number of hydrogen-bond acceptors (Lipinski definition) is 3. The Hall–Kier alpha value is -1.91. The van der Waals surface area contributed by atoms with Crippen LogP contribution < -0.4 is 11.1 Å². The molecular weight excluding hydrogens is 206 g/mol. The molecule has 1 aromatic rings. The minimum atomic E-state index is -0.585. The molecule has 2 rings (SSSR count). The first-order valence-corrected chi connectivity index (χ1v) is 5.07. The van der Waals surface area contributed by atoms with Gasteiger partial charge in [0, 0.05) is 12.2 Å². The van der Waals surface area contributed by atoms with Gasteiger partial charge < -0.3 is 11.1 Å². The average Bonchev–Trinajstić information content (AvgIpc) is 3.02. The first-order valence-electron chi connectivity index (χ1n) is 5.07. The van der Waals surface area contributed by atoms with Gasteiger partial charge in [-0.25, -0.2) is 0 Å². The summed E-state index contributed by atoms with van der Waals surface area (Å²) >= 11 is 0. The highest BCUT2D eigenvalue weighted by Crippen LogP contribution is 2.19. The number of nitrogens with zero attached hydrogens (tertiary/aromatic N) is 1. The third-order valence-corrected chi connectivity index (χ3v) is 2.30. The van der Waals surface area contributed by atoms with E-state index in [1.807, 2.05) is 0 Å². The Morgan fingerprint density at radius 1 is 1.50 bits per heavy atom. The fourth-order valence-corrected chi connectivity index (χ4v) is 1.34. The number of nitrogens with one attached hydrogen (secondary N) is 1. The van der Waals surface area contributed by atoms with Crippen LogP contribution in [0.1, 0.15) is 28.9 Å². The molecule has 16 heavy (non-hydrogen) atoms. The number of aromatic nitrogens is 1. The lowest BCUT2D eigenvalue weighted by Crippen LogP contribution is -2.27. The van der Waals surface area contributed by atoms with Crippen molar-refractivity contribution in [2.75, 3.05) is 0 Å². The summed E-state index contributed by atoms with van der Waals surface area (Å²) in [7, 11) is 0. The van der Waals surface area contributed by atoms with Gasteiger partial charge in [-0.2, -0.15) is 0 Å². The van der Waals surface area contributed by atoms with Gasteiger partial charge >= 0.3 is 0 Å². The molecule has 1 aliphatic rings. The summed E-state index contributed by atoms with van der Waals surface area (Å²) in [6.45, 7) is 0. The molecule has 5 heteroatoms. The molecule has 83 valence electrons. The van der Waals surface area contributed by atoms with E-state index in [1.54, 1.807) is 12.1 Å². The number of rotatable bonds is 4. The van der Waals surface area contributed by atoms with E-state index in [1.165, 1.54) is 12.6 Å². The largest absolute Gasteiger partial charge is 0.366 e. The zero-order valence-corrected chi connectivity index (χ0v) is 8.64. The van der Waals surface area contributed by atoms with Crippen LogP contribution in [0.5, 0.6) is 0 Å². The molecule has 1 aliphatic carbocycles. The molecule has 1 aromatic heterocycles. The maximum atomic E-state index is 11.5. The van der Waals surface area contributed by atoms with Crippen LogP contribution in [0.4, 0.5) is 0 Å². The topological polar surface area (TPSA) is 85.1 Å². The summed E-state index contributed by atoms with van der Waals surface area (Å²) in [6, 6.07) is 3.44. The van der Waals surface area contributed by atoms with Gasteiger partial charge in [0.15, 0.2) is 0 Å². The van der Waals surface area contributed by atoms with Crippen LogP contribution in [0.3, 0.4) is 0 Å². The maximum Gasteiger partial charge on any atom is 0.250 e. The van der Waals surface area contributed by atoms with Crippen molar-refractivity contribution in [2.24, 2.45) is 5.73 Å². The highest BCUT2D eigenvalue weighted by molar-refractivity contribution is 5.98. The predicted molar refractivity (Wildman–Crippen MR) is 57.3 cm³/mol. The van der Waals surface area contributed by atoms with Gasteiger partial charge in [0.05, 0.1) is 17.7 Å². The van der Waals surface area contributed by atoms with Crippen LogP contribution in [-0.2, 0) is 4.79 Å². The number of hydrogen-bond donors (Lipinski definition) is 2. The van der Waals surface area contributed by atoms with E-state index in [0.29, 0.717) is 5.69 Å². The number of carbonyl (C=O) groups excluding carboxylic acids is 2. The number of amides is 2. The van der Waals surface area contributed by atoms with Gasteiger partial charge in [-0.15, -0.1) is 0 Å². The van der Waals surface area contributed by atoms with Crippen molar-refractivity contribution in [2.45, 2.75) is 18.9 Å². The Balaban J connectivity index is 2.07. The van der Waals surface area contributed by atoms with Crippen molar-refractivity contribution in [3.63, 3.8) is 0 Å². The molecule has 0 spiro atoms. The minimum Gasteiger partial charge on any atom is -0.366 e. The van der Waals surface area contributed by atoms with Crippen LogP contribution >= 0.6 is 0 Å². The fraction of sp³-hybridized carbons (Fsp3) is 0.273. The van der Waals surface area contributed by atoms with E-state index < -0.39 is 5.91 Å². The lowest BCUT2D eigenvalue weighted by molar-refractivity contribution is -0.117. The van der Waals surface area contributed by atoms with E-state index in [-0.39, 0.29) is 17.5 Å². The van der Waals surface area contributed by atoms with E-state index in [2.05, 4.69) is 10.3 Å². The molecule has 1 fully saturated rings. The number of carbonyl (C=O) groups is 2. The number of pyridine rings is 1. The van der Waals surface area contributed by atoms with E-state index in [9.17, 15) is 9.59 Å². The number of primary amides is 1. The maximum absolute atomic E-state index is 11.5. The smallest absolute Gasteiger partial charge is 0.250 e. The SMILES string of the molecule is NC(=O)c1cccnc1[CH]C(=O)NC1CC1. The molecule has 1 heterocycles. The van der Waals surface area contributed by atoms with Gasteiger partial charge in [0.25, 0.3) is 5.91 Å². The van der Waals surface area contributed by atoms with Gasteiger partial charge in [-0.05, 0) is 25.0 Å². The molecule has 3 N–H and O–H groups in total. The summed E-state index contributed by atoms with van der Waals surface area (Å²) in [5.41, 5.74) is 5.74. The van der Waals surface area contributed by atoms with Crippen molar-refractivity contribution in [3.8, 4) is 0 Å². The van der Waals surface area contributed by atoms with Crippen LogP contribution in [0.2, 0.25) is 0 Å². The summed E-state index contributed by atoms with van der Waals surface area (Å²) in [5, 5.41) is 2.78. The molecule has 0 bridgehead atoms. The highest BCUT2D eigenvalue weighted by atomic mass is 16.2. The van der Waals surface area contributed by atoms with Crippen molar-refractivity contribution in [1.82, 2.24) is 10.3 Å². The molecule has 0 aliphatic heterocycles. The van der Waals surface area contributed by atoms with Gasteiger partial charge in [0.2, 0.25) is 5.91 Å². The molecule has 0 unspecified atom stereocenters. The van der Waals surface area contributed by atoms with Crippen molar-refractivity contribution in [1.29, 1.82) is 0 Å². The molecule has 5 nitrogen and oxygen atoms in total. The summed E-state index contributed by atoms with van der Waals surface area (Å²) in [6.07, 6.45) is 4.86. The third-order valence-electron chi connectivity index (χ3n) is 2.30. The lowest BCUT2D eigenvalue weighted by atomic mass is 10.1. The summed E-state index contributed by atoms with van der Waals surface area (Å²) in [4.78, 5) is 26.5. The van der Waals surface area contributed by atoms with Crippen LogP contribution in [0, 0.1) is 6.42 Å². The zero-order chi connectivity index (χ0) is 11.5. The van der Waals surface area contributed by atoms with Gasteiger partial charge in [-0.1, -0.05) is 0 Å². The predicted octanol–water partition coefficient (Wildman–Crippen LogP) is 0.0115. The Morgan fingerprint density at radius 3 is 2.88 bits per heavy atom. The van der Waals surface area contributed by atoms with Gasteiger partial charge in [-0.3, -0.25) is 14.6 Å². The van der Waals surface area contributed by atoms with Crippen molar-refractivity contribution in [3.05, 3.63) is 36.0 Å². The normalized spacial score (nSPS) is 14.5. The number of nitrogens with two attached hydrogens (primary N) is 1. The van der Waals surface area contributed by atoms with Crippen LogP contribution in [0.25, 0.3) is 0 Å². The molecule has 0 atom stereocenters. The molecule has 0 aromatic carbocycles. The average molecular weight is 218 g/mol. The second-order valence-electron chi connectivity index (χ2n) is 3.73. The quantitative estimate of drug-likeness (QED) is 0.746. The molecule has 1 saturated carbocycles. The minimum absolute atomic E-state index is 0.233. The second kappa shape index (κ2) is 4.30. The first kappa shape index (κ1) is 10.6. The molecular formula is C11H12N3O2. The first-order chi connectivity index (χ1) is 7.66. The zero-order valence-electron chi connectivity index (χ0n) is 8.64. The third kappa shape index (κ3) is 2.56. The standard InChI is InChI=1S/C11H12N3O2/c12-11(16)8-2-1-5-13-9(8)6-10(15)14-7-3-4-7/h1-2,5-7H,3-4H2,(H2,12,16)(H,14,15). The van der Waals surface area contributed by atoms with E-state index >= 15 is 0 Å². The van der Waals surface area contributed by atoms with Gasteiger partial charge in [0.1, 0.15) is 0 Å². The Morgan fingerprint density at radius 2 is 2.25 bits per heavy atom. The summed E-state index contributed by atoms with van der Waals surface area (Å²) in [5.74, 6) is -0.817. The highest BCUT2D eigenvalue weighted by Gasteiger charge is 2.24. The molecule has 0 saturated heterocycles. The van der Waals surface area contributed by atoms with Crippen molar-refractivity contribution >= 4 is 11.8 Å².